The Balaban J connectivity index is 2.89. The van der Waals surface area contributed by atoms with Gasteiger partial charge in [0.05, 0.1) is 12.7 Å². The monoisotopic (exact) mass is 254 g/mol. The molecule has 0 bridgehead atoms. The number of rotatable bonds is 5. The van der Waals surface area contributed by atoms with E-state index in [0.717, 1.165) is 5.56 Å². The maximum atomic E-state index is 11.8. The molecule has 4 heteroatoms. The number of hydrogen-bond donors (Lipinski definition) is 0. The van der Waals surface area contributed by atoms with Gasteiger partial charge in [-0.25, -0.2) is 4.79 Å². The zero-order valence-electron chi connectivity index (χ0n) is 9.96. The van der Waals surface area contributed by atoms with Crippen molar-refractivity contribution in [3.63, 3.8) is 0 Å². The molecule has 92 valence electrons. The predicted octanol–water partition coefficient (Wildman–Crippen LogP) is 2.98. The maximum Gasteiger partial charge on any atom is 0.337 e. The van der Waals surface area contributed by atoms with Crippen LogP contribution in [0, 0.1) is 6.92 Å². The quantitative estimate of drug-likeness (QED) is 0.461. The summed E-state index contributed by atoms with van der Waals surface area (Å²) in [5, 5.41) is 0. The Kier molecular flexibility index (Phi) is 5.16. The highest BCUT2D eigenvalue weighted by Crippen LogP contribution is 2.15. The number of carbonyl (C=O) groups excluding carboxylic acids is 2. The molecule has 0 saturated heterocycles. The van der Waals surface area contributed by atoms with Crippen molar-refractivity contribution in [3.8, 4) is 0 Å². The molecule has 0 N–H and O–H groups in total. The third kappa shape index (κ3) is 3.56. The van der Waals surface area contributed by atoms with E-state index >= 15 is 0 Å². The Morgan fingerprint density at radius 3 is 2.59 bits per heavy atom. The van der Waals surface area contributed by atoms with E-state index in [9.17, 15) is 9.59 Å². The number of ether oxygens (including phenoxy) is 1. The minimum atomic E-state index is -0.396. The SMILES string of the molecule is COC(=O)c1ccc(C(=O)CCCCl)c(C)c1. The van der Waals surface area contributed by atoms with Crippen molar-refractivity contribution in [3.05, 3.63) is 34.9 Å². The summed E-state index contributed by atoms with van der Waals surface area (Å²) in [5.41, 5.74) is 1.88. The van der Waals surface area contributed by atoms with Crippen molar-refractivity contribution in [1.82, 2.24) is 0 Å². The highest BCUT2D eigenvalue weighted by molar-refractivity contribution is 6.18. The molecular formula is C13H15ClO3. The first kappa shape index (κ1) is 13.7. The van der Waals surface area contributed by atoms with E-state index in [1.54, 1.807) is 25.1 Å². The van der Waals surface area contributed by atoms with E-state index < -0.39 is 5.97 Å². The highest BCUT2D eigenvalue weighted by atomic mass is 35.5. The molecule has 0 spiro atoms. The summed E-state index contributed by atoms with van der Waals surface area (Å²) in [7, 11) is 1.33. The van der Waals surface area contributed by atoms with Crippen molar-refractivity contribution in [2.75, 3.05) is 13.0 Å². The Bertz CT molecular complexity index is 427. The molecule has 0 aliphatic carbocycles. The molecule has 0 aliphatic rings. The fourth-order valence-corrected chi connectivity index (χ4v) is 1.72. The smallest absolute Gasteiger partial charge is 0.337 e. The number of esters is 1. The lowest BCUT2D eigenvalue weighted by molar-refractivity contribution is 0.0600. The molecule has 0 radical (unpaired) electrons. The third-order valence-electron chi connectivity index (χ3n) is 2.49. The summed E-state index contributed by atoms with van der Waals surface area (Å²) in [6.07, 6.45) is 1.10. The number of carbonyl (C=O) groups is 2. The fraction of sp³-hybridized carbons (Fsp3) is 0.385. The second-order valence-corrected chi connectivity index (χ2v) is 4.11. The fourth-order valence-electron chi connectivity index (χ4n) is 1.58. The van der Waals surface area contributed by atoms with Gasteiger partial charge in [-0.05, 0) is 31.0 Å². The highest BCUT2D eigenvalue weighted by Gasteiger charge is 2.12. The predicted molar refractivity (Wildman–Crippen MR) is 66.8 cm³/mol. The lowest BCUT2D eigenvalue weighted by Gasteiger charge is -2.06. The zero-order chi connectivity index (χ0) is 12.8. The Morgan fingerprint density at radius 2 is 2.06 bits per heavy atom. The first-order valence-corrected chi connectivity index (χ1v) is 5.91. The van der Waals surface area contributed by atoms with Crippen molar-refractivity contribution in [2.45, 2.75) is 19.8 Å². The lowest BCUT2D eigenvalue weighted by atomic mass is 9.99. The number of benzene rings is 1. The number of alkyl halides is 1. The minimum Gasteiger partial charge on any atom is -0.465 e. The van der Waals surface area contributed by atoms with E-state index in [4.69, 9.17) is 11.6 Å². The molecule has 0 unspecified atom stereocenters. The molecule has 1 rings (SSSR count). The van der Waals surface area contributed by atoms with Crippen LogP contribution < -0.4 is 0 Å². The van der Waals surface area contributed by atoms with Crippen LogP contribution in [0.1, 0.15) is 39.1 Å². The van der Waals surface area contributed by atoms with Gasteiger partial charge in [0.25, 0.3) is 0 Å². The maximum absolute atomic E-state index is 11.8. The number of ketones is 1. The summed E-state index contributed by atoms with van der Waals surface area (Å²) in [5.74, 6) is 0.137. The van der Waals surface area contributed by atoms with E-state index in [0.29, 0.717) is 29.8 Å². The van der Waals surface area contributed by atoms with Crippen molar-refractivity contribution in [1.29, 1.82) is 0 Å². The van der Waals surface area contributed by atoms with Crippen molar-refractivity contribution < 1.29 is 14.3 Å². The number of aryl methyl sites for hydroxylation is 1. The van der Waals surface area contributed by atoms with Crippen LogP contribution in [0.4, 0.5) is 0 Å². The number of halogens is 1. The first-order chi connectivity index (χ1) is 8.10. The number of Topliss-reactive ketones (excluding diaryl/α,β-unsaturated/α-hetero) is 1. The van der Waals surface area contributed by atoms with Crippen LogP contribution in [0.5, 0.6) is 0 Å². The summed E-state index contributed by atoms with van der Waals surface area (Å²) in [6.45, 7) is 1.81. The number of methoxy groups -OCH3 is 1. The molecule has 0 saturated carbocycles. The standard InChI is InChI=1S/C13H15ClO3/c1-9-8-10(13(16)17-2)5-6-11(9)12(15)4-3-7-14/h5-6,8H,3-4,7H2,1-2H3. The van der Waals surface area contributed by atoms with E-state index in [1.165, 1.54) is 7.11 Å². The second kappa shape index (κ2) is 6.40. The average Bonchev–Trinajstić information content (AvgIpc) is 2.34. The van der Waals surface area contributed by atoms with E-state index in [1.807, 2.05) is 0 Å². The normalized spacial score (nSPS) is 10.1. The molecule has 0 aromatic heterocycles. The van der Waals surface area contributed by atoms with Gasteiger partial charge in [-0.1, -0.05) is 6.07 Å². The Morgan fingerprint density at radius 1 is 1.35 bits per heavy atom. The van der Waals surface area contributed by atoms with Gasteiger partial charge in [0.2, 0.25) is 0 Å². The molecule has 17 heavy (non-hydrogen) atoms. The van der Waals surface area contributed by atoms with Crippen molar-refractivity contribution in [2.24, 2.45) is 0 Å². The first-order valence-electron chi connectivity index (χ1n) is 5.38. The van der Waals surface area contributed by atoms with Crippen LogP contribution in [0.2, 0.25) is 0 Å². The molecule has 0 aliphatic heterocycles. The Labute approximate surface area is 106 Å². The van der Waals surface area contributed by atoms with Gasteiger partial charge < -0.3 is 4.74 Å². The van der Waals surface area contributed by atoms with Crippen LogP contribution in [0.15, 0.2) is 18.2 Å². The van der Waals surface area contributed by atoms with Gasteiger partial charge >= 0.3 is 5.97 Å². The van der Waals surface area contributed by atoms with Gasteiger partial charge in [0.1, 0.15) is 0 Å². The lowest BCUT2D eigenvalue weighted by Crippen LogP contribution is -2.06. The van der Waals surface area contributed by atoms with Gasteiger partial charge in [0, 0.05) is 17.9 Å². The molecular weight excluding hydrogens is 240 g/mol. The minimum absolute atomic E-state index is 0.0552. The van der Waals surface area contributed by atoms with Gasteiger partial charge in [-0.3, -0.25) is 4.79 Å². The molecule has 0 amide bonds. The van der Waals surface area contributed by atoms with Gasteiger partial charge in [-0.15, -0.1) is 11.6 Å². The van der Waals surface area contributed by atoms with Crippen LogP contribution >= 0.6 is 11.6 Å². The molecule has 1 aromatic rings. The zero-order valence-corrected chi connectivity index (χ0v) is 10.7. The molecule has 0 heterocycles. The van der Waals surface area contributed by atoms with Gasteiger partial charge in [-0.2, -0.15) is 0 Å². The third-order valence-corrected chi connectivity index (χ3v) is 2.75. The molecule has 0 atom stereocenters. The summed E-state index contributed by atoms with van der Waals surface area (Å²) in [4.78, 5) is 23.1. The summed E-state index contributed by atoms with van der Waals surface area (Å²) >= 11 is 5.55. The van der Waals surface area contributed by atoms with Gasteiger partial charge in [0.15, 0.2) is 5.78 Å². The summed E-state index contributed by atoms with van der Waals surface area (Å²) in [6, 6.07) is 4.94. The topological polar surface area (TPSA) is 43.4 Å². The van der Waals surface area contributed by atoms with Crippen LogP contribution in [0.25, 0.3) is 0 Å². The second-order valence-electron chi connectivity index (χ2n) is 3.74. The average molecular weight is 255 g/mol. The van der Waals surface area contributed by atoms with Crippen LogP contribution in [-0.4, -0.2) is 24.7 Å². The molecule has 1 aromatic carbocycles. The molecule has 0 fully saturated rings. The summed E-state index contributed by atoms with van der Waals surface area (Å²) < 4.78 is 4.62. The van der Waals surface area contributed by atoms with Crippen LogP contribution in [0.3, 0.4) is 0 Å². The Hall–Kier alpha value is -1.35. The van der Waals surface area contributed by atoms with E-state index in [-0.39, 0.29) is 5.78 Å². The van der Waals surface area contributed by atoms with E-state index in [2.05, 4.69) is 4.74 Å². The largest absolute Gasteiger partial charge is 0.465 e. The number of hydrogen-bond acceptors (Lipinski definition) is 3. The van der Waals surface area contributed by atoms with Crippen LogP contribution in [-0.2, 0) is 4.74 Å². The molecule has 3 nitrogen and oxygen atoms in total. The van der Waals surface area contributed by atoms with Crippen molar-refractivity contribution >= 4 is 23.4 Å².